The van der Waals surface area contributed by atoms with E-state index in [9.17, 15) is 27.9 Å². The highest BCUT2D eigenvalue weighted by atomic mass is 35.7. The number of anilines is 4. The highest BCUT2D eigenvalue weighted by molar-refractivity contribution is 8.21. The maximum atomic E-state index is 13.0. The van der Waals surface area contributed by atoms with Gasteiger partial charge in [-0.15, -0.1) is 0 Å². The lowest BCUT2D eigenvalue weighted by molar-refractivity contribution is -0.119. The van der Waals surface area contributed by atoms with Gasteiger partial charge >= 0.3 is 10.1 Å². The van der Waals surface area contributed by atoms with Gasteiger partial charge in [0, 0.05) is 63.5 Å². The average Bonchev–Trinajstić information content (AvgIpc) is 3.35. The number of ether oxygens (including phenoxy) is 2. The molecule has 0 saturated carbocycles. The van der Waals surface area contributed by atoms with E-state index < -0.39 is 16.2 Å². The normalized spacial score (nSPS) is 14.5. The molecule has 8 rings (SSSR count). The van der Waals surface area contributed by atoms with Crippen molar-refractivity contribution in [2.45, 2.75) is 77.3 Å². The van der Waals surface area contributed by atoms with Crippen LogP contribution in [0.1, 0.15) is 70.4 Å². The molecular formula is C57H63ClN4O11S2. The second-order valence-electron chi connectivity index (χ2n) is 17.7. The molecule has 6 aromatic carbocycles. The van der Waals surface area contributed by atoms with E-state index in [-0.39, 0.29) is 51.1 Å². The van der Waals surface area contributed by atoms with Crippen LogP contribution in [0.4, 0.5) is 22.7 Å². The van der Waals surface area contributed by atoms with Crippen LogP contribution < -0.4 is 34.1 Å². The Morgan fingerprint density at radius 2 is 1.07 bits per heavy atom. The molecule has 396 valence electrons. The van der Waals surface area contributed by atoms with Gasteiger partial charge in [0.25, 0.3) is 11.8 Å². The molecule has 2 saturated heterocycles. The van der Waals surface area contributed by atoms with Gasteiger partial charge in [0.1, 0.15) is 27.9 Å². The van der Waals surface area contributed by atoms with Crippen molar-refractivity contribution in [1.82, 2.24) is 0 Å². The van der Waals surface area contributed by atoms with Crippen molar-refractivity contribution < 1.29 is 52.5 Å². The number of aryl methyl sites for hydroxylation is 4. The van der Waals surface area contributed by atoms with Crippen LogP contribution >= 0.6 is 21.7 Å². The highest BCUT2D eigenvalue weighted by Crippen LogP contribution is 2.46. The first-order chi connectivity index (χ1) is 34.5. The Hall–Kier alpha value is -7.54. The van der Waals surface area contributed by atoms with E-state index in [0.29, 0.717) is 33.7 Å². The van der Waals surface area contributed by atoms with Crippen molar-refractivity contribution in [2.75, 3.05) is 34.7 Å². The summed E-state index contributed by atoms with van der Waals surface area (Å²) < 4.78 is 42.5. The minimum absolute atomic E-state index is 0. The zero-order valence-corrected chi connectivity index (χ0v) is 45.9. The van der Waals surface area contributed by atoms with Crippen LogP contribution in [-0.4, -0.2) is 56.4 Å². The molecule has 0 spiro atoms. The van der Waals surface area contributed by atoms with E-state index in [1.807, 2.05) is 108 Å². The minimum atomic E-state index is -4.09. The molecule has 2 heterocycles. The maximum Gasteiger partial charge on any atom is 0.339 e. The third-order valence-electron chi connectivity index (χ3n) is 12.4. The molecule has 3 amide bonds. The number of carbonyl (C=O) groups excluding carboxylic acids is 3. The molecule has 2 aliphatic rings. The number of aromatic hydroxyl groups is 1. The number of amides is 3. The smallest absolute Gasteiger partial charge is 0.339 e. The van der Waals surface area contributed by atoms with Gasteiger partial charge < -0.3 is 40.3 Å². The summed E-state index contributed by atoms with van der Waals surface area (Å²) in [5, 5.41) is 15.7. The van der Waals surface area contributed by atoms with Gasteiger partial charge in [-0.25, -0.2) is 0 Å². The van der Waals surface area contributed by atoms with Crippen molar-refractivity contribution in [1.29, 1.82) is 0 Å². The Balaban J connectivity index is 0.000000273. The third kappa shape index (κ3) is 13.4. The first kappa shape index (κ1) is 60.0. The van der Waals surface area contributed by atoms with E-state index in [4.69, 9.17) is 24.3 Å². The van der Waals surface area contributed by atoms with Crippen LogP contribution in [-0.2, 0) is 24.5 Å². The number of phenolic OH excluding ortho intramolecular Hbond substituents is 1. The summed E-state index contributed by atoms with van der Waals surface area (Å²) in [7, 11) is 5.79. The van der Waals surface area contributed by atoms with Gasteiger partial charge in [-0.1, -0.05) is 44.0 Å². The fraction of sp³-hybridized carbons (Fsp3) is 0.211. The molecular weight excluding hydrogens is 1020 g/mol. The molecule has 15 nitrogen and oxygen atoms in total. The first-order valence-electron chi connectivity index (χ1n) is 22.9. The molecule has 2 aliphatic heterocycles. The molecule has 2 fully saturated rings. The zero-order chi connectivity index (χ0) is 53.6. The lowest BCUT2D eigenvalue weighted by atomic mass is 9.87. The van der Waals surface area contributed by atoms with Gasteiger partial charge in [-0.05, 0) is 187 Å². The van der Waals surface area contributed by atoms with Crippen LogP contribution in [0.3, 0.4) is 0 Å². The van der Waals surface area contributed by atoms with Crippen molar-refractivity contribution >= 4 is 72.2 Å². The van der Waals surface area contributed by atoms with E-state index in [1.54, 1.807) is 61.3 Å². The summed E-state index contributed by atoms with van der Waals surface area (Å²) in [4.78, 5) is 40.2. The molecule has 75 heavy (non-hydrogen) atoms. The summed E-state index contributed by atoms with van der Waals surface area (Å²) in [5.74, 6) is 1.47. The predicted octanol–water partition coefficient (Wildman–Crippen LogP) is 11.2. The van der Waals surface area contributed by atoms with Crippen LogP contribution in [0.25, 0.3) is 0 Å². The minimum Gasteiger partial charge on any atom is -0.508 e. The number of phenols is 1. The molecule has 0 aromatic heterocycles. The third-order valence-corrected chi connectivity index (χ3v) is 14.6. The summed E-state index contributed by atoms with van der Waals surface area (Å²) in [5.41, 5.74) is 11.7. The summed E-state index contributed by atoms with van der Waals surface area (Å²) in [6.45, 7) is 26.4. The van der Waals surface area contributed by atoms with Gasteiger partial charge in [0.15, 0.2) is 0 Å². The summed E-state index contributed by atoms with van der Waals surface area (Å²) >= 11 is 0. The number of β-lactam (4-membered cyclic amide) rings is 2. The van der Waals surface area contributed by atoms with E-state index in [2.05, 4.69) is 30.4 Å². The summed E-state index contributed by atoms with van der Waals surface area (Å²) in [6, 6.07) is 31.2. The number of benzene rings is 6. The Morgan fingerprint density at radius 1 is 0.627 bits per heavy atom. The Bertz CT molecular complexity index is 3270. The maximum absolute atomic E-state index is 13.0. The quantitative estimate of drug-likeness (QED) is 0.0560. The number of allylic oxidation sites excluding steroid dienone is 1. The topological polar surface area (TPSA) is 227 Å². The molecule has 18 heteroatoms. The largest absolute Gasteiger partial charge is 0.508 e. The predicted molar refractivity (Wildman–Crippen MR) is 300 cm³/mol. The van der Waals surface area contributed by atoms with E-state index in [0.717, 1.165) is 77.8 Å². The monoisotopic (exact) mass is 1080 g/mol. The van der Waals surface area contributed by atoms with Crippen molar-refractivity contribution in [2.24, 2.45) is 0 Å². The fourth-order valence-corrected chi connectivity index (χ4v) is 9.62. The highest BCUT2D eigenvalue weighted by Gasteiger charge is 2.44. The molecule has 0 bridgehead atoms. The van der Waals surface area contributed by atoms with Crippen molar-refractivity contribution in [3.05, 3.63) is 190 Å². The number of rotatable bonds is 13. The van der Waals surface area contributed by atoms with Crippen LogP contribution in [0, 0.1) is 41.5 Å². The second-order valence-corrected chi connectivity index (χ2v) is 20.3. The average molecular weight is 1080 g/mol. The lowest BCUT2D eigenvalue weighted by Crippen LogP contribution is -2.48. The van der Waals surface area contributed by atoms with Crippen molar-refractivity contribution in [3.63, 3.8) is 0 Å². The van der Waals surface area contributed by atoms with Crippen LogP contribution in [0.5, 0.6) is 23.0 Å². The Labute approximate surface area is 447 Å². The number of methoxy groups -OCH3 is 2. The Kier molecular flexibility index (Phi) is 20.1. The van der Waals surface area contributed by atoms with Gasteiger partial charge in [0.05, 0.1) is 26.3 Å². The first-order valence-corrected chi connectivity index (χ1v) is 25.9. The number of hydrogen-bond acceptors (Lipinski definition) is 11. The SMILES string of the molecule is C=C(C)Nc1ccc(S(=O)(=O)Oc2cc([C@H]3C(=C)C(=O)N3c3cc(C)c(C)c(OC)c3)ccc2C)cc1.C=C1C(=O)N(c2cc(C)c(C)c(OC)c2)[C@H]1c1ccc(C)c(O)c1.CC(=O)Nc1ccc(SCl)cc1.O.O. The number of hydrogen-bond donors (Lipinski definition) is 3. The Morgan fingerprint density at radius 3 is 1.49 bits per heavy atom. The van der Waals surface area contributed by atoms with Crippen molar-refractivity contribution in [3.8, 4) is 23.0 Å². The number of nitrogens with one attached hydrogen (secondary N) is 2. The molecule has 0 radical (unpaired) electrons. The number of nitrogens with zero attached hydrogens (tertiary/aromatic N) is 2. The lowest BCUT2D eigenvalue weighted by Gasteiger charge is -2.43. The van der Waals surface area contributed by atoms with Crippen LogP contribution in [0.15, 0.2) is 156 Å². The van der Waals surface area contributed by atoms with E-state index in [1.165, 1.54) is 19.1 Å². The molecule has 7 N–H and O–H groups in total. The van der Waals surface area contributed by atoms with Crippen LogP contribution in [0.2, 0.25) is 0 Å². The fourth-order valence-electron chi connectivity index (χ4n) is 8.09. The molecule has 6 aromatic rings. The summed E-state index contributed by atoms with van der Waals surface area (Å²) in [6.07, 6.45) is 0. The molecule has 2 atom stereocenters. The van der Waals surface area contributed by atoms with Gasteiger partial charge in [-0.3, -0.25) is 24.2 Å². The van der Waals surface area contributed by atoms with E-state index >= 15 is 0 Å². The molecule has 0 unspecified atom stereocenters. The zero-order valence-electron chi connectivity index (χ0n) is 43.5. The second kappa shape index (κ2) is 25.1. The molecule has 0 aliphatic carbocycles. The van der Waals surface area contributed by atoms with Gasteiger partial charge in [-0.2, -0.15) is 8.42 Å². The number of halogens is 1. The van der Waals surface area contributed by atoms with Gasteiger partial charge in [0.2, 0.25) is 5.91 Å². The standard InChI is InChI=1S/C29H30N2O5S.C20H21NO3.C8H8ClNOS.2H2O/c1-17(2)30-23-10-12-25(13-11-23)37(33,34)36-26-15-22(9-8-18(26)3)28-21(6)29(32)31(28)24-14-19(4)20(5)27(16-24)35-7;1-11-6-7-15(9-17(11)22)19-14(4)20(23)21(19)16-8-12(2)13(3)18(10-16)24-5;1-6(11)10-7-2-4-8(12-9)5-3-7;;/h8-16,28,30H,1,6H2,2-5,7H3;6-10,19,22H,4H2,1-3,5H3;2-5H,1H3,(H,10,11);2*1H2/t28-;19-;;;/m11.../s1. The number of carbonyl (C=O) groups is 3.